The summed E-state index contributed by atoms with van der Waals surface area (Å²) in [5, 5.41) is 2.58. The number of carbonyl (C=O) groups excluding carboxylic acids is 2. The average Bonchev–Trinajstić information content (AvgIpc) is 3.42. The number of carbonyl (C=O) groups is 2. The van der Waals surface area contributed by atoms with Crippen molar-refractivity contribution in [2.24, 2.45) is 0 Å². The Morgan fingerprint density at radius 1 is 1.23 bits per heavy atom. The van der Waals surface area contributed by atoms with Crippen LogP contribution in [0.25, 0.3) is 11.5 Å². The standard InChI is InChI=1S/C23H28F2N2O8/c1-12(26-22(29)35-23(2,3)4)18-17(20(28)30-5)27-19(34-18)13-6-7-15(33-21(24)25)16(10-13)32-14-8-9-31-11-14/h6-7,10,12,14,21H,8-9,11H2,1-5H3,(H,26,29)/t12-,14?/m0/s1. The third kappa shape index (κ3) is 7.04. The molecule has 0 saturated carbocycles. The molecule has 2 atom stereocenters. The van der Waals surface area contributed by atoms with Crippen molar-refractivity contribution in [3.05, 3.63) is 29.7 Å². The molecule has 10 nitrogen and oxygen atoms in total. The summed E-state index contributed by atoms with van der Waals surface area (Å²) in [4.78, 5) is 28.7. The van der Waals surface area contributed by atoms with Crippen LogP contribution < -0.4 is 14.8 Å². The summed E-state index contributed by atoms with van der Waals surface area (Å²) in [5.41, 5.74) is -0.573. The first-order valence-corrected chi connectivity index (χ1v) is 10.9. The van der Waals surface area contributed by atoms with Crippen molar-refractivity contribution in [1.82, 2.24) is 10.3 Å². The van der Waals surface area contributed by atoms with Crippen LogP contribution in [0.1, 0.15) is 56.4 Å². The average molecular weight is 498 g/mol. The Kier molecular flexibility index (Phi) is 8.15. The zero-order valence-corrected chi connectivity index (χ0v) is 20.1. The Balaban J connectivity index is 1.94. The molecule has 1 fully saturated rings. The van der Waals surface area contributed by atoms with Gasteiger partial charge in [0.05, 0.1) is 26.4 Å². The van der Waals surface area contributed by atoms with Gasteiger partial charge in [0.25, 0.3) is 0 Å². The molecule has 1 aromatic heterocycles. The predicted molar refractivity (Wildman–Crippen MR) is 118 cm³/mol. The monoisotopic (exact) mass is 498 g/mol. The molecular formula is C23H28F2N2O8. The molecule has 12 heteroatoms. The summed E-state index contributed by atoms with van der Waals surface area (Å²) < 4.78 is 57.3. The highest BCUT2D eigenvalue weighted by Crippen LogP contribution is 2.36. The van der Waals surface area contributed by atoms with E-state index in [0.29, 0.717) is 25.2 Å². The van der Waals surface area contributed by atoms with Crippen molar-refractivity contribution in [3.63, 3.8) is 0 Å². The topological polar surface area (TPSA) is 118 Å². The highest BCUT2D eigenvalue weighted by Gasteiger charge is 2.29. The minimum Gasteiger partial charge on any atom is -0.484 e. The maximum atomic E-state index is 12.9. The van der Waals surface area contributed by atoms with Gasteiger partial charge in [0, 0.05) is 12.0 Å². The number of alkyl halides is 2. The zero-order chi connectivity index (χ0) is 25.8. The molecular weight excluding hydrogens is 470 g/mol. The van der Waals surface area contributed by atoms with Crippen molar-refractivity contribution in [2.75, 3.05) is 20.3 Å². The Hall–Kier alpha value is -3.41. The molecule has 1 aromatic carbocycles. The van der Waals surface area contributed by atoms with Gasteiger partial charge in [-0.1, -0.05) is 0 Å². The van der Waals surface area contributed by atoms with E-state index in [-0.39, 0.29) is 34.9 Å². The molecule has 2 aromatic rings. The van der Waals surface area contributed by atoms with Gasteiger partial charge in [-0.2, -0.15) is 8.78 Å². The maximum Gasteiger partial charge on any atom is 0.408 e. The molecule has 35 heavy (non-hydrogen) atoms. The number of ether oxygens (including phenoxy) is 5. The largest absolute Gasteiger partial charge is 0.484 e. The number of nitrogens with zero attached hydrogens (tertiary/aromatic N) is 1. The number of hydrogen-bond acceptors (Lipinski definition) is 9. The fourth-order valence-electron chi connectivity index (χ4n) is 3.25. The number of aromatic nitrogens is 1. The van der Waals surface area contributed by atoms with Gasteiger partial charge < -0.3 is 33.4 Å². The van der Waals surface area contributed by atoms with Crippen LogP contribution in [0, 0.1) is 0 Å². The SMILES string of the molecule is COC(=O)c1nc(-c2ccc(OC(F)F)c(OC3CCOC3)c2)oc1[C@H](C)NC(=O)OC(C)(C)C. The number of hydrogen-bond donors (Lipinski definition) is 1. The molecule has 1 unspecified atom stereocenters. The molecule has 1 aliphatic rings. The summed E-state index contributed by atoms with van der Waals surface area (Å²) in [7, 11) is 1.18. The quantitative estimate of drug-likeness (QED) is 0.525. The number of alkyl carbamates (subject to hydrolysis) is 1. The summed E-state index contributed by atoms with van der Waals surface area (Å²) in [6.45, 7) is 4.45. The van der Waals surface area contributed by atoms with Crippen molar-refractivity contribution < 1.29 is 46.5 Å². The fourth-order valence-corrected chi connectivity index (χ4v) is 3.25. The van der Waals surface area contributed by atoms with E-state index in [1.165, 1.54) is 25.3 Å². The molecule has 3 rings (SSSR count). The fraction of sp³-hybridized carbons (Fsp3) is 0.522. The molecule has 1 amide bonds. The third-order valence-corrected chi connectivity index (χ3v) is 4.75. The van der Waals surface area contributed by atoms with Crippen molar-refractivity contribution >= 4 is 12.1 Å². The van der Waals surface area contributed by atoms with Crippen LogP contribution in [0.3, 0.4) is 0 Å². The minimum atomic E-state index is -3.05. The molecule has 1 N–H and O–H groups in total. The second-order valence-electron chi connectivity index (χ2n) is 8.73. The highest BCUT2D eigenvalue weighted by molar-refractivity contribution is 5.89. The van der Waals surface area contributed by atoms with Gasteiger partial charge in [0.1, 0.15) is 11.7 Å². The van der Waals surface area contributed by atoms with Gasteiger partial charge in [-0.15, -0.1) is 0 Å². The van der Waals surface area contributed by atoms with Gasteiger partial charge in [0.15, 0.2) is 23.0 Å². The van der Waals surface area contributed by atoms with E-state index in [0.717, 1.165) is 0 Å². The van der Waals surface area contributed by atoms with Crippen LogP contribution >= 0.6 is 0 Å². The number of amides is 1. The first-order valence-electron chi connectivity index (χ1n) is 10.9. The van der Waals surface area contributed by atoms with Gasteiger partial charge >= 0.3 is 18.7 Å². The van der Waals surface area contributed by atoms with Crippen LogP contribution in [0.4, 0.5) is 13.6 Å². The number of methoxy groups -OCH3 is 1. The molecule has 0 bridgehead atoms. The minimum absolute atomic E-state index is 0.0191. The normalized spacial score (nSPS) is 16.6. The highest BCUT2D eigenvalue weighted by atomic mass is 19.3. The summed E-state index contributed by atoms with van der Waals surface area (Å²) in [6.07, 6.45) is -0.474. The van der Waals surface area contributed by atoms with Crippen molar-refractivity contribution in [3.8, 4) is 23.0 Å². The van der Waals surface area contributed by atoms with E-state index in [9.17, 15) is 18.4 Å². The van der Waals surface area contributed by atoms with E-state index in [1.807, 2.05) is 0 Å². The lowest BCUT2D eigenvalue weighted by Gasteiger charge is -2.21. The number of nitrogens with one attached hydrogen (secondary N) is 1. The lowest BCUT2D eigenvalue weighted by Crippen LogP contribution is -2.34. The molecule has 0 radical (unpaired) electrons. The molecule has 0 aliphatic carbocycles. The van der Waals surface area contributed by atoms with Gasteiger partial charge in [0.2, 0.25) is 5.89 Å². The van der Waals surface area contributed by atoms with Crippen LogP contribution in [0.2, 0.25) is 0 Å². The maximum absolute atomic E-state index is 12.9. The Bertz CT molecular complexity index is 1040. The molecule has 192 valence electrons. The molecule has 0 spiro atoms. The van der Waals surface area contributed by atoms with Gasteiger partial charge in [-0.25, -0.2) is 14.6 Å². The Morgan fingerprint density at radius 2 is 1.97 bits per heavy atom. The van der Waals surface area contributed by atoms with Crippen molar-refractivity contribution in [2.45, 2.75) is 58.5 Å². The number of rotatable bonds is 8. The van der Waals surface area contributed by atoms with Crippen LogP contribution in [-0.4, -0.2) is 55.7 Å². The van der Waals surface area contributed by atoms with Crippen LogP contribution in [0.5, 0.6) is 11.5 Å². The summed E-state index contributed by atoms with van der Waals surface area (Å²) >= 11 is 0. The number of esters is 1. The summed E-state index contributed by atoms with van der Waals surface area (Å²) in [5.74, 6) is -0.912. The van der Waals surface area contributed by atoms with Crippen molar-refractivity contribution in [1.29, 1.82) is 0 Å². The number of oxazole rings is 1. The lowest BCUT2D eigenvalue weighted by molar-refractivity contribution is -0.0521. The van der Waals surface area contributed by atoms with E-state index >= 15 is 0 Å². The second-order valence-corrected chi connectivity index (χ2v) is 8.73. The Labute approximate surface area is 200 Å². The van der Waals surface area contributed by atoms with Crippen LogP contribution in [0.15, 0.2) is 22.6 Å². The smallest absolute Gasteiger partial charge is 0.408 e. The number of benzene rings is 1. The molecule has 1 saturated heterocycles. The Morgan fingerprint density at radius 3 is 2.57 bits per heavy atom. The van der Waals surface area contributed by atoms with E-state index < -0.39 is 30.3 Å². The van der Waals surface area contributed by atoms with Gasteiger partial charge in [-0.05, 0) is 45.9 Å². The number of halogens is 2. The van der Waals surface area contributed by atoms with E-state index in [1.54, 1.807) is 27.7 Å². The molecule has 2 heterocycles. The predicted octanol–water partition coefficient (Wildman–Crippen LogP) is 4.48. The van der Waals surface area contributed by atoms with Gasteiger partial charge in [-0.3, -0.25) is 0 Å². The first kappa shape index (κ1) is 26.2. The summed E-state index contributed by atoms with van der Waals surface area (Å²) in [6, 6.07) is 3.32. The van der Waals surface area contributed by atoms with Crippen LogP contribution in [-0.2, 0) is 14.2 Å². The zero-order valence-electron chi connectivity index (χ0n) is 20.1. The first-order chi connectivity index (χ1) is 16.5. The van der Waals surface area contributed by atoms with E-state index in [2.05, 4.69) is 15.0 Å². The molecule has 1 aliphatic heterocycles. The third-order valence-electron chi connectivity index (χ3n) is 4.75. The van der Waals surface area contributed by atoms with E-state index in [4.69, 9.17) is 23.4 Å². The second kappa shape index (κ2) is 10.9. The lowest BCUT2D eigenvalue weighted by atomic mass is 10.2.